The second-order valence-electron chi connectivity index (χ2n) is 3.60. The molecule has 0 aliphatic heterocycles. The number of carbonyl (C=O) groups is 2. The van der Waals surface area contributed by atoms with Gasteiger partial charge in [-0.3, -0.25) is 4.79 Å². The molecule has 1 aromatic heterocycles. The van der Waals surface area contributed by atoms with Gasteiger partial charge in [0.05, 0.1) is 6.54 Å². The third-order valence-electron chi connectivity index (χ3n) is 2.40. The summed E-state index contributed by atoms with van der Waals surface area (Å²) in [6, 6.07) is 2.73. The van der Waals surface area contributed by atoms with Crippen LogP contribution in [0.2, 0.25) is 5.15 Å². The summed E-state index contributed by atoms with van der Waals surface area (Å²) in [5.74, 6) is -1.19. The number of anilines is 1. The first kappa shape index (κ1) is 14.2. The van der Waals surface area contributed by atoms with Gasteiger partial charge in [-0.15, -0.1) is 0 Å². The molecular formula is C11H14ClN3O3. The van der Waals surface area contributed by atoms with Gasteiger partial charge >= 0.3 is 5.97 Å². The van der Waals surface area contributed by atoms with Gasteiger partial charge in [0.25, 0.3) is 0 Å². The minimum absolute atomic E-state index is 0.0219. The molecule has 0 unspecified atom stereocenters. The van der Waals surface area contributed by atoms with Gasteiger partial charge in [-0.1, -0.05) is 11.6 Å². The average Bonchev–Trinajstić information content (AvgIpc) is 2.34. The Bertz CT molecular complexity index is 465. The number of nitrogens with one attached hydrogen (secondary N) is 1. The van der Waals surface area contributed by atoms with Crippen molar-refractivity contribution in [3.63, 3.8) is 0 Å². The fourth-order valence-corrected chi connectivity index (χ4v) is 1.36. The van der Waals surface area contributed by atoms with Crippen LogP contribution in [0.5, 0.6) is 0 Å². The molecule has 0 radical (unpaired) electrons. The summed E-state index contributed by atoms with van der Waals surface area (Å²) in [5, 5.41) is 11.8. The zero-order valence-electron chi connectivity index (χ0n) is 10.1. The van der Waals surface area contributed by atoms with Crippen LogP contribution in [0, 0.1) is 0 Å². The summed E-state index contributed by atoms with van der Waals surface area (Å²) in [7, 11) is 1.66. The zero-order valence-corrected chi connectivity index (χ0v) is 10.9. The number of amides is 1. The number of rotatable bonds is 5. The number of hydrogen-bond acceptors (Lipinski definition) is 4. The van der Waals surface area contributed by atoms with Crippen molar-refractivity contribution < 1.29 is 14.7 Å². The highest BCUT2D eigenvalue weighted by atomic mass is 35.5. The van der Waals surface area contributed by atoms with Crippen LogP contribution in [0.15, 0.2) is 12.1 Å². The maximum atomic E-state index is 11.6. The highest BCUT2D eigenvalue weighted by molar-refractivity contribution is 6.29. The lowest BCUT2D eigenvalue weighted by atomic mass is 10.2. The van der Waals surface area contributed by atoms with E-state index in [9.17, 15) is 9.59 Å². The van der Waals surface area contributed by atoms with E-state index < -0.39 is 5.97 Å². The molecule has 1 amide bonds. The van der Waals surface area contributed by atoms with Gasteiger partial charge in [-0.05, 0) is 19.1 Å². The van der Waals surface area contributed by atoms with E-state index >= 15 is 0 Å². The van der Waals surface area contributed by atoms with E-state index in [1.807, 2.05) is 6.92 Å². The van der Waals surface area contributed by atoms with E-state index in [1.165, 1.54) is 17.0 Å². The molecule has 1 rings (SSSR count). The fourth-order valence-electron chi connectivity index (χ4n) is 1.21. The fraction of sp³-hybridized carbons (Fsp3) is 0.364. The maximum absolute atomic E-state index is 11.6. The summed E-state index contributed by atoms with van der Waals surface area (Å²) < 4.78 is 0. The van der Waals surface area contributed by atoms with Gasteiger partial charge in [-0.2, -0.15) is 0 Å². The second-order valence-corrected chi connectivity index (χ2v) is 3.98. The number of hydrogen-bond donors (Lipinski definition) is 2. The van der Waals surface area contributed by atoms with Crippen molar-refractivity contribution in [3.05, 3.63) is 22.8 Å². The number of carboxylic acid groups (broad SMARTS) is 1. The Morgan fingerprint density at radius 2 is 2.17 bits per heavy atom. The van der Waals surface area contributed by atoms with E-state index in [0.29, 0.717) is 6.54 Å². The van der Waals surface area contributed by atoms with Crippen molar-refractivity contribution in [2.75, 3.05) is 25.5 Å². The Hall–Kier alpha value is -1.82. The van der Waals surface area contributed by atoms with Crippen molar-refractivity contribution in [1.82, 2.24) is 9.88 Å². The average molecular weight is 272 g/mol. The molecule has 0 atom stereocenters. The number of aromatic nitrogens is 1. The molecule has 0 fully saturated rings. The van der Waals surface area contributed by atoms with Gasteiger partial charge in [0.1, 0.15) is 16.5 Å². The Kier molecular flexibility index (Phi) is 4.91. The first-order valence-corrected chi connectivity index (χ1v) is 5.71. The number of halogens is 1. The van der Waals surface area contributed by atoms with Gasteiger partial charge in [0, 0.05) is 13.6 Å². The lowest BCUT2D eigenvalue weighted by Gasteiger charge is -2.15. The van der Waals surface area contributed by atoms with E-state index in [4.69, 9.17) is 16.7 Å². The predicted molar refractivity (Wildman–Crippen MR) is 68.0 cm³/mol. The Morgan fingerprint density at radius 3 is 2.72 bits per heavy atom. The minimum Gasteiger partial charge on any atom is -0.478 e. The first-order chi connectivity index (χ1) is 8.45. The van der Waals surface area contributed by atoms with E-state index in [-0.39, 0.29) is 29.0 Å². The van der Waals surface area contributed by atoms with Crippen LogP contribution in [-0.2, 0) is 4.79 Å². The largest absolute Gasteiger partial charge is 0.478 e. The Labute approximate surface area is 110 Å². The van der Waals surface area contributed by atoms with Crippen LogP contribution >= 0.6 is 11.6 Å². The molecule has 1 heterocycles. The molecule has 18 heavy (non-hydrogen) atoms. The van der Waals surface area contributed by atoms with Crippen LogP contribution in [0.25, 0.3) is 0 Å². The number of likely N-dealkylation sites (N-methyl/N-ethyl adjacent to an activating group) is 1. The zero-order chi connectivity index (χ0) is 13.7. The second kappa shape index (κ2) is 6.20. The standard InChI is InChI=1S/C11H14ClN3O3/c1-3-15(2)9(16)6-13-10-7(11(17)18)4-5-8(12)14-10/h4-5H,3,6H2,1-2H3,(H,13,14)(H,17,18). The summed E-state index contributed by atoms with van der Waals surface area (Å²) >= 11 is 5.69. The smallest absolute Gasteiger partial charge is 0.339 e. The third kappa shape index (κ3) is 3.59. The number of nitrogens with zero attached hydrogens (tertiary/aromatic N) is 2. The highest BCUT2D eigenvalue weighted by Crippen LogP contribution is 2.16. The molecule has 0 aromatic carbocycles. The maximum Gasteiger partial charge on any atom is 0.339 e. The summed E-state index contributed by atoms with van der Waals surface area (Å²) in [6.45, 7) is 2.39. The van der Waals surface area contributed by atoms with Crippen molar-refractivity contribution in [2.45, 2.75) is 6.92 Å². The molecule has 7 heteroatoms. The van der Waals surface area contributed by atoms with Crippen molar-refractivity contribution in [2.24, 2.45) is 0 Å². The molecule has 0 spiro atoms. The number of carboxylic acids is 1. The normalized spacial score (nSPS) is 9.94. The molecule has 2 N–H and O–H groups in total. The van der Waals surface area contributed by atoms with Crippen LogP contribution < -0.4 is 5.32 Å². The van der Waals surface area contributed by atoms with Crippen molar-refractivity contribution in [3.8, 4) is 0 Å². The summed E-state index contributed by atoms with van der Waals surface area (Å²) in [5.41, 5.74) is -0.0219. The number of pyridine rings is 1. The Morgan fingerprint density at radius 1 is 1.50 bits per heavy atom. The summed E-state index contributed by atoms with van der Waals surface area (Å²) in [4.78, 5) is 27.9. The molecule has 0 aliphatic carbocycles. The lowest BCUT2D eigenvalue weighted by molar-refractivity contribution is -0.127. The van der Waals surface area contributed by atoms with E-state index in [2.05, 4.69) is 10.3 Å². The molecule has 0 aliphatic rings. The van der Waals surface area contributed by atoms with Crippen LogP contribution in [0.3, 0.4) is 0 Å². The molecule has 1 aromatic rings. The molecule has 6 nitrogen and oxygen atoms in total. The third-order valence-corrected chi connectivity index (χ3v) is 2.61. The number of carbonyl (C=O) groups excluding carboxylic acids is 1. The van der Waals surface area contributed by atoms with Gasteiger partial charge < -0.3 is 15.3 Å². The quantitative estimate of drug-likeness (QED) is 0.790. The molecule has 0 saturated heterocycles. The molecule has 0 bridgehead atoms. The predicted octanol–water partition coefficient (Wildman–Crippen LogP) is 1.32. The molecule has 98 valence electrons. The van der Waals surface area contributed by atoms with Gasteiger partial charge in [0.2, 0.25) is 5.91 Å². The highest BCUT2D eigenvalue weighted by Gasteiger charge is 2.14. The van der Waals surface area contributed by atoms with Crippen molar-refractivity contribution >= 4 is 29.3 Å². The van der Waals surface area contributed by atoms with Crippen LogP contribution in [0.1, 0.15) is 17.3 Å². The topological polar surface area (TPSA) is 82.5 Å². The number of aromatic carboxylic acids is 1. The van der Waals surface area contributed by atoms with E-state index in [1.54, 1.807) is 7.05 Å². The van der Waals surface area contributed by atoms with Crippen molar-refractivity contribution in [1.29, 1.82) is 0 Å². The van der Waals surface area contributed by atoms with E-state index in [0.717, 1.165) is 0 Å². The van der Waals surface area contributed by atoms with Crippen LogP contribution in [0.4, 0.5) is 5.82 Å². The monoisotopic (exact) mass is 271 g/mol. The van der Waals surface area contributed by atoms with Gasteiger partial charge in [-0.25, -0.2) is 9.78 Å². The lowest BCUT2D eigenvalue weighted by Crippen LogP contribution is -2.32. The Balaban J connectivity index is 2.81. The molecular weight excluding hydrogens is 258 g/mol. The van der Waals surface area contributed by atoms with Gasteiger partial charge in [0.15, 0.2) is 0 Å². The SMILES string of the molecule is CCN(C)C(=O)CNc1nc(Cl)ccc1C(=O)O. The first-order valence-electron chi connectivity index (χ1n) is 5.33. The van der Waals surface area contributed by atoms with Crippen LogP contribution in [-0.4, -0.2) is 47.0 Å². The summed E-state index contributed by atoms with van der Waals surface area (Å²) in [6.07, 6.45) is 0. The minimum atomic E-state index is -1.13. The molecule has 0 saturated carbocycles.